The number of halogens is 1. The molecule has 1 rings (SSSR count). The highest BCUT2D eigenvalue weighted by molar-refractivity contribution is 14.0. The highest BCUT2D eigenvalue weighted by atomic mass is 127. The number of methoxy groups -OCH3 is 2. The lowest BCUT2D eigenvalue weighted by Crippen LogP contribution is -2.38. The summed E-state index contributed by atoms with van der Waals surface area (Å²) in [7, 11) is 5.36. The number of nitrogens with zero attached hydrogens (tertiary/aromatic N) is 2. The van der Waals surface area contributed by atoms with Crippen molar-refractivity contribution in [2.24, 2.45) is 4.99 Å². The number of hydrogen-bond acceptors (Lipinski definition) is 3. The van der Waals surface area contributed by atoms with Gasteiger partial charge in [0.25, 0.3) is 0 Å². The second kappa shape index (κ2) is 12.9. The second-order valence-electron chi connectivity index (χ2n) is 5.13. The molecule has 5 nitrogen and oxygen atoms in total. The molecule has 1 N–H and O–H groups in total. The van der Waals surface area contributed by atoms with E-state index in [0.717, 1.165) is 42.5 Å². The standard InChI is InChI=1S/C18H29N3O2.HI/c1-6-8-9-12-20-18(19-7-2)21(3)14-15-10-11-16(22-4)13-17(15)23-5;/h6,8,10-11,13H,7,9,12,14H2,1-5H3,(H,19,20);1H/b8-6+;. The minimum absolute atomic E-state index is 0. The summed E-state index contributed by atoms with van der Waals surface area (Å²) in [6.45, 7) is 6.42. The number of aliphatic imine (C=N–C) groups is 1. The number of ether oxygens (including phenoxy) is 2. The number of rotatable bonds is 8. The fraction of sp³-hybridized carbons (Fsp3) is 0.500. The molecule has 0 heterocycles. The summed E-state index contributed by atoms with van der Waals surface area (Å²) in [5.41, 5.74) is 1.09. The van der Waals surface area contributed by atoms with Crippen LogP contribution in [0.1, 0.15) is 25.8 Å². The van der Waals surface area contributed by atoms with Gasteiger partial charge in [0.2, 0.25) is 0 Å². The lowest BCUT2D eigenvalue weighted by Gasteiger charge is -2.23. The lowest BCUT2D eigenvalue weighted by molar-refractivity contribution is 0.382. The molecule has 0 aliphatic heterocycles. The maximum Gasteiger partial charge on any atom is 0.193 e. The van der Waals surface area contributed by atoms with Gasteiger partial charge in [0.05, 0.1) is 14.2 Å². The normalized spacial score (nSPS) is 11.1. The van der Waals surface area contributed by atoms with Crippen molar-refractivity contribution >= 4 is 29.9 Å². The quantitative estimate of drug-likeness (QED) is 0.217. The SMILES string of the molecule is C/C=C/CCN=C(NCC)N(C)Cc1ccc(OC)cc1OC.I. The van der Waals surface area contributed by atoms with Crippen LogP contribution in [0.4, 0.5) is 0 Å². The Morgan fingerprint density at radius 3 is 2.62 bits per heavy atom. The van der Waals surface area contributed by atoms with Gasteiger partial charge in [-0.05, 0) is 32.4 Å². The number of allylic oxidation sites excluding steroid dienone is 1. The summed E-state index contributed by atoms with van der Waals surface area (Å²) in [5, 5.41) is 3.33. The van der Waals surface area contributed by atoms with Crippen LogP contribution in [0.25, 0.3) is 0 Å². The topological polar surface area (TPSA) is 46.1 Å². The highest BCUT2D eigenvalue weighted by Gasteiger charge is 2.11. The van der Waals surface area contributed by atoms with Gasteiger partial charge in [0, 0.05) is 38.3 Å². The minimum Gasteiger partial charge on any atom is -0.497 e. The molecule has 0 bridgehead atoms. The van der Waals surface area contributed by atoms with Gasteiger partial charge in [0.1, 0.15) is 11.5 Å². The first-order valence-corrected chi connectivity index (χ1v) is 7.97. The van der Waals surface area contributed by atoms with Gasteiger partial charge < -0.3 is 19.7 Å². The Balaban J connectivity index is 0.00000529. The molecule has 0 fully saturated rings. The minimum atomic E-state index is 0. The van der Waals surface area contributed by atoms with Crippen LogP contribution in [0.5, 0.6) is 11.5 Å². The van der Waals surface area contributed by atoms with Gasteiger partial charge in [-0.25, -0.2) is 0 Å². The van der Waals surface area contributed by atoms with Gasteiger partial charge in [0.15, 0.2) is 5.96 Å². The van der Waals surface area contributed by atoms with Crippen molar-refractivity contribution in [3.63, 3.8) is 0 Å². The first-order valence-electron chi connectivity index (χ1n) is 7.97. The molecule has 1 aromatic rings. The molecule has 0 spiro atoms. The van der Waals surface area contributed by atoms with Crippen molar-refractivity contribution in [1.29, 1.82) is 0 Å². The van der Waals surface area contributed by atoms with E-state index in [4.69, 9.17) is 9.47 Å². The third kappa shape index (κ3) is 7.42. The van der Waals surface area contributed by atoms with Crippen LogP contribution in [-0.2, 0) is 6.54 Å². The van der Waals surface area contributed by atoms with E-state index in [9.17, 15) is 0 Å². The molecule has 0 amide bonds. The fourth-order valence-corrected chi connectivity index (χ4v) is 2.19. The number of benzene rings is 1. The summed E-state index contributed by atoms with van der Waals surface area (Å²) in [5.74, 6) is 2.51. The highest BCUT2D eigenvalue weighted by Crippen LogP contribution is 2.25. The van der Waals surface area contributed by atoms with Crippen molar-refractivity contribution in [3.8, 4) is 11.5 Å². The van der Waals surface area contributed by atoms with E-state index in [0.29, 0.717) is 6.54 Å². The van der Waals surface area contributed by atoms with E-state index in [1.165, 1.54) is 0 Å². The van der Waals surface area contributed by atoms with E-state index < -0.39 is 0 Å². The molecule has 0 unspecified atom stereocenters. The van der Waals surface area contributed by atoms with E-state index in [1.54, 1.807) is 14.2 Å². The zero-order valence-corrected chi connectivity index (χ0v) is 17.7. The third-order valence-electron chi connectivity index (χ3n) is 3.39. The van der Waals surface area contributed by atoms with Crippen LogP contribution in [-0.4, -0.2) is 45.2 Å². The Kier molecular flexibility index (Phi) is 12.1. The van der Waals surface area contributed by atoms with Crippen LogP contribution < -0.4 is 14.8 Å². The smallest absolute Gasteiger partial charge is 0.193 e. The van der Waals surface area contributed by atoms with Crippen LogP contribution in [0.3, 0.4) is 0 Å². The zero-order valence-electron chi connectivity index (χ0n) is 15.3. The fourth-order valence-electron chi connectivity index (χ4n) is 2.19. The Labute approximate surface area is 163 Å². The Morgan fingerprint density at radius 1 is 1.29 bits per heavy atom. The molecule has 0 saturated heterocycles. The Morgan fingerprint density at radius 2 is 2.04 bits per heavy atom. The second-order valence-corrected chi connectivity index (χ2v) is 5.13. The molecular weight excluding hydrogens is 417 g/mol. The summed E-state index contributed by atoms with van der Waals surface area (Å²) in [4.78, 5) is 6.75. The summed E-state index contributed by atoms with van der Waals surface area (Å²) < 4.78 is 10.7. The van der Waals surface area contributed by atoms with Gasteiger partial charge >= 0.3 is 0 Å². The predicted octanol–water partition coefficient (Wildman–Crippen LogP) is 3.69. The van der Waals surface area contributed by atoms with Gasteiger partial charge in [-0.15, -0.1) is 24.0 Å². The molecule has 0 aromatic heterocycles. The first-order chi connectivity index (χ1) is 11.2. The average Bonchev–Trinajstić information content (AvgIpc) is 2.57. The van der Waals surface area contributed by atoms with E-state index in [2.05, 4.69) is 28.2 Å². The Bertz CT molecular complexity index is 533. The molecule has 0 aliphatic rings. The molecule has 0 radical (unpaired) electrons. The van der Waals surface area contributed by atoms with Gasteiger partial charge in [-0.1, -0.05) is 12.2 Å². The molecule has 0 atom stereocenters. The lowest BCUT2D eigenvalue weighted by atomic mass is 10.2. The molecule has 0 saturated carbocycles. The van der Waals surface area contributed by atoms with Crippen molar-refractivity contribution in [2.45, 2.75) is 26.8 Å². The van der Waals surface area contributed by atoms with E-state index >= 15 is 0 Å². The van der Waals surface area contributed by atoms with Gasteiger partial charge in [-0.2, -0.15) is 0 Å². The van der Waals surface area contributed by atoms with Gasteiger partial charge in [-0.3, -0.25) is 4.99 Å². The summed E-state index contributed by atoms with van der Waals surface area (Å²) >= 11 is 0. The van der Waals surface area contributed by atoms with Crippen LogP contribution >= 0.6 is 24.0 Å². The summed E-state index contributed by atoms with van der Waals surface area (Å²) in [6, 6.07) is 5.87. The van der Waals surface area contributed by atoms with Crippen molar-refractivity contribution in [2.75, 3.05) is 34.4 Å². The number of nitrogens with one attached hydrogen (secondary N) is 1. The zero-order chi connectivity index (χ0) is 17.1. The molecule has 0 aliphatic carbocycles. The average molecular weight is 447 g/mol. The number of guanidine groups is 1. The van der Waals surface area contributed by atoms with Crippen LogP contribution in [0.2, 0.25) is 0 Å². The van der Waals surface area contributed by atoms with Crippen LogP contribution in [0.15, 0.2) is 35.3 Å². The first kappa shape index (κ1) is 22.6. The monoisotopic (exact) mass is 447 g/mol. The third-order valence-corrected chi connectivity index (χ3v) is 3.39. The van der Waals surface area contributed by atoms with E-state index in [1.807, 2.05) is 38.2 Å². The van der Waals surface area contributed by atoms with Crippen molar-refractivity contribution in [1.82, 2.24) is 10.2 Å². The maximum absolute atomic E-state index is 5.47. The molecule has 24 heavy (non-hydrogen) atoms. The molecule has 6 heteroatoms. The largest absolute Gasteiger partial charge is 0.497 e. The van der Waals surface area contributed by atoms with Crippen molar-refractivity contribution in [3.05, 3.63) is 35.9 Å². The number of hydrogen-bond donors (Lipinski definition) is 1. The predicted molar refractivity (Wildman–Crippen MR) is 112 cm³/mol. The maximum atomic E-state index is 5.47. The molecule has 1 aromatic carbocycles. The molecular formula is C18H30IN3O2. The Hall–Kier alpha value is -1.44. The van der Waals surface area contributed by atoms with Crippen molar-refractivity contribution < 1.29 is 9.47 Å². The summed E-state index contributed by atoms with van der Waals surface area (Å²) in [6.07, 6.45) is 5.12. The molecule has 136 valence electrons. The van der Waals surface area contributed by atoms with Crippen LogP contribution in [0, 0.1) is 0 Å². The van der Waals surface area contributed by atoms with E-state index in [-0.39, 0.29) is 24.0 Å².